The topological polar surface area (TPSA) is 42.1 Å². The number of piperidine rings is 1. The fourth-order valence-corrected chi connectivity index (χ4v) is 3.30. The fourth-order valence-electron chi connectivity index (χ4n) is 3.30. The Morgan fingerprint density at radius 1 is 1.30 bits per heavy atom. The molecule has 0 bridgehead atoms. The van der Waals surface area contributed by atoms with E-state index in [4.69, 9.17) is 5.73 Å². The maximum atomic E-state index is 12.5. The maximum absolute atomic E-state index is 12.5. The number of alkyl halides is 3. The Labute approximate surface area is 116 Å². The molecule has 6 heteroatoms. The summed E-state index contributed by atoms with van der Waals surface area (Å²) in [6, 6.07) is 2.57. The number of hydrogen-bond acceptors (Lipinski definition) is 3. The predicted molar refractivity (Wildman–Crippen MR) is 70.3 cm³/mol. The largest absolute Gasteiger partial charge is 0.417 e. The molecule has 2 heterocycles. The third-order valence-electron chi connectivity index (χ3n) is 4.80. The summed E-state index contributed by atoms with van der Waals surface area (Å²) < 4.78 is 37.5. The van der Waals surface area contributed by atoms with E-state index in [1.165, 1.54) is 12.5 Å². The van der Waals surface area contributed by atoms with Crippen molar-refractivity contribution in [2.24, 2.45) is 17.1 Å². The van der Waals surface area contributed by atoms with Crippen molar-refractivity contribution < 1.29 is 13.2 Å². The molecule has 1 aliphatic heterocycles. The average molecular weight is 285 g/mol. The minimum atomic E-state index is -4.32. The zero-order valence-electron chi connectivity index (χ0n) is 11.2. The van der Waals surface area contributed by atoms with Crippen molar-refractivity contribution in [2.75, 3.05) is 24.5 Å². The Balaban J connectivity index is 1.64. The first kappa shape index (κ1) is 13.7. The van der Waals surface area contributed by atoms with Gasteiger partial charge in [-0.05, 0) is 49.3 Å². The normalized spacial score (nSPS) is 25.0. The Morgan fingerprint density at radius 3 is 2.45 bits per heavy atom. The molecule has 1 aromatic rings. The maximum Gasteiger partial charge on any atom is 0.417 e. The van der Waals surface area contributed by atoms with Crippen LogP contribution in [0.15, 0.2) is 18.3 Å². The van der Waals surface area contributed by atoms with Crippen LogP contribution in [0, 0.1) is 11.3 Å². The number of rotatable bonds is 2. The van der Waals surface area contributed by atoms with E-state index >= 15 is 0 Å². The number of hydrogen-bond donors (Lipinski definition) is 1. The number of nitrogens with two attached hydrogens (primary N) is 1. The first-order chi connectivity index (χ1) is 9.44. The quantitative estimate of drug-likeness (QED) is 0.908. The van der Waals surface area contributed by atoms with Crippen molar-refractivity contribution in [1.82, 2.24) is 4.98 Å². The lowest BCUT2D eigenvalue weighted by Crippen LogP contribution is -2.36. The highest BCUT2D eigenvalue weighted by Crippen LogP contribution is 2.58. The van der Waals surface area contributed by atoms with E-state index in [0.717, 1.165) is 44.7 Å². The van der Waals surface area contributed by atoms with Gasteiger partial charge in [0.2, 0.25) is 0 Å². The summed E-state index contributed by atoms with van der Waals surface area (Å²) in [6.07, 6.45) is -0.0632. The van der Waals surface area contributed by atoms with Gasteiger partial charge in [-0.3, -0.25) is 0 Å². The molecule has 1 unspecified atom stereocenters. The standard InChI is InChI=1S/C14H18F3N3/c15-14(16,17)10-1-2-12(19-9-10)20-5-3-13(4-6-20)7-11(13)8-18/h1-2,9,11H,3-8,18H2. The van der Waals surface area contributed by atoms with Gasteiger partial charge in [0, 0.05) is 19.3 Å². The van der Waals surface area contributed by atoms with Crippen LogP contribution in [0.5, 0.6) is 0 Å². The van der Waals surface area contributed by atoms with Crippen molar-refractivity contribution >= 4 is 5.82 Å². The number of halogens is 3. The van der Waals surface area contributed by atoms with Gasteiger partial charge >= 0.3 is 6.18 Å². The van der Waals surface area contributed by atoms with Crippen LogP contribution in [-0.4, -0.2) is 24.6 Å². The molecule has 20 heavy (non-hydrogen) atoms. The van der Waals surface area contributed by atoms with Gasteiger partial charge in [0.1, 0.15) is 5.82 Å². The first-order valence-corrected chi connectivity index (χ1v) is 6.93. The molecule has 0 radical (unpaired) electrons. The predicted octanol–water partition coefficient (Wildman–Crippen LogP) is 2.67. The molecule has 1 aliphatic carbocycles. The summed E-state index contributed by atoms with van der Waals surface area (Å²) >= 11 is 0. The van der Waals surface area contributed by atoms with E-state index < -0.39 is 11.7 Å². The van der Waals surface area contributed by atoms with Crippen LogP contribution in [-0.2, 0) is 6.18 Å². The van der Waals surface area contributed by atoms with Gasteiger partial charge in [0.15, 0.2) is 0 Å². The second-order valence-electron chi connectivity index (χ2n) is 5.89. The molecule has 2 N–H and O–H groups in total. The SMILES string of the molecule is NCC1CC12CCN(c1ccc(C(F)(F)F)cn1)CC2. The molecule has 1 atom stereocenters. The summed E-state index contributed by atoms with van der Waals surface area (Å²) in [6.45, 7) is 2.46. The summed E-state index contributed by atoms with van der Waals surface area (Å²) in [7, 11) is 0. The molecule has 2 aliphatic rings. The molecule has 3 rings (SSSR count). The van der Waals surface area contributed by atoms with E-state index in [1.807, 2.05) is 0 Å². The van der Waals surface area contributed by atoms with Crippen LogP contribution < -0.4 is 10.6 Å². The van der Waals surface area contributed by atoms with Gasteiger partial charge in [-0.15, -0.1) is 0 Å². The summed E-state index contributed by atoms with van der Waals surface area (Å²) in [5, 5.41) is 0. The highest BCUT2D eigenvalue weighted by atomic mass is 19.4. The van der Waals surface area contributed by atoms with Crippen molar-refractivity contribution in [3.63, 3.8) is 0 Å². The molecule has 3 nitrogen and oxygen atoms in total. The summed E-state index contributed by atoms with van der Waals surface area (Å²) in [5.41, 5.74) is 5.43. The van der Waals surface area contributed by atoms with Gasteiger partial charge < -0.3 is 10.6 Å². The molecule has 1 spiro atoms. The highest BCUT2D eigenvalue weighted by Gasteiger charge is 2.53. The van der Waals surface area contributed by atoms with Crippen LogP contribution >= 0.6 is 0 Å². The van der Waals surface area contributed by atoms with Gasteiger partial charge in [0.05, 0.1) is 5.56 Å². The molecular weight excluding hydrogens is 267 g/mol. The average Bonchev–Trinajstić information content (AvgIpc) is 3.12. The number of anilines is 1. The molecule has 1 aromatic heterocycles. The lowest BCUT2D eigenvalue weighted by atomic mass is 9.91. The van der Waals surface area contributed by atoms with Crippen LogP contribution in [0.4, 0.5) is 19.0 Å². The van der Waals surface area contributed by atoms with Crippen molar-refractivity contribution in [3.05, 3.63) is 23.9 Å². The first-order valence-electron chi connectivity index (χ1n) is 6.93. The molecule has 0 aromatic carbocycles. The zero-order valence-corrected chi connectivity index (χ0v) is 11.2. The van der Waals surface area contributed by atoms with Crippen LogP contribution in [0.25, 0.3) is 0 Å². The van der Waals surface area contributed by atoms with Crippen LogP contribution in [0.2, 0.25) is 0 Å². The molecule has 110 valence electrons. The number of aromatic nitrogens is 1. The Bertz CT molecular complexity index is 475. The minimum Gasteiger partial charge on any atom is -0.357 e. The number of pyridine rings is 1. The van der Waals surface area contributed by atoms with Crippen LogP contribution in [0.3, 0.4) is 0 Å². The van der Waals surface area contributed by atoms with E-state index in [9.17, 15) is 13.2 Å². The monoisotopic (exact) mass is 285 g/mol. The Kier molecular flexibility index (Phi) is 3.16. The molecule has 0 amide bonds. The second-order valence-corrected chi connectivity index (χ2v) is 5.89. The molecule has 1 saturated carbocycles. The van der Waals surface area contributed by atoms with E-state index in [1.54, 1.807) is 0 Å². The summed E-state index contributed by atoms with van der Waals surface area (Å²) in [5.74, 6) is 1.28. The zero-order chi connectivity index (χ0) is 14.4. The van der Waals surface area contributed by atoms with E-state index in [0.29, 0.717) is 17.2 Å². The fraction of sp³-hybridized carbons (Fsp3) is 0.643. The Morgan fingerprint density at radius 2 is 2.00 bits per heavy atom. The van der Waals surface area contributed by atoms with Crippen molar-refractivity contribution in [2.45, 2.75) is 25.4 Å². The van der Waals surface area contributed by atoms with Gasteiger partial charge in [0.25, 0.3) is 0 Å². The molecule has 2 fully saturated rings. The smallest absolute Gasteiger partial charge is 0.357 e. The second kappa shape index (κ2) is 4.62. The van der Waals surface area contributed by atoms with E-state index in [-0.39, 0.29) is 0 Å². The van der Waals surface area contributed by atoms with Crippen molar-refractivity contribution in [1.29, 1.82) is 0 Å². The van der Waals surface area contributed by atoms with Gasteiger partial charge in [-0.1, -0.05) is 0 Å². The summed E-state index contributed by atoms with van der Waals surface area (Å²) in [4.78, 5) is 6.02. The number of nitrogens with zero attached hydrogens (tertiary/aromatic N) is 2. The Hall–Kier alpha value is -1.30. The molecular formula is C14H18F3N3. The third-order valence-corrected chi connectivity index (χ3v) is 4.80. The lowest BCUT2D eigenvalue weighted by molar-refractivity contribution is -0.137. The molecule has 1 saturated heterocycles. The third kappa shape index (κ3) is 2.37. The van der Waals surface area contributed by atoms with Gasteiger partial charge in [-0.2, -0.15) is 13.2 Å². The minimum absolute atomic E-state index is 0.414. The lowest BCUT2D eigenvalue weighted by Gasteiger charge is -2.33. The van der Waals surface area contributed by atoms with Crippen LogP contribution in [0.1, 0.15) is 24.8 Å². The van der Waals surface area contributed by atoms with Crippen molar-refractivity contribution in [3.8, 4) is 0 Å². The van der Waals surface area contributed by atoms with Gasteiger partial charge in [-0.25, -0.2) is 4.98 Å². The van der Waals surface area contributed by atoms with E-state index in [2.05, 4.69) is 9.88 Å². The highest BCUT2D eigenvalue weighted by molar-refractivity contribution is 5.40.